The molecule has 1 heterocycles. The highest BCUT2D eigenvalue weighted by Crippen LogP contribution is 2.37. The Morgan fingerprint density at radius 1 is 1.17 bits per heavy atom. The summed E-state index contributed by atoms with van der Waals surface area (Å²) in [5.41, 5.74) is 5.90. The molecule has 0 saturated heterocycles. The summed E-state index contributed by atoms with van der Waals surface area (Å²) in [6.07, 6.45) is 10.8. The maximum absolute atomic E-state index is 6.19. The maximum atomic E-state index is 6.19. The number of hydrogen-bond acceptors (Lipinski definition) is 4. The minimum absolute atomic E-state index is 0. The van der Waals surface area contributed by atoms with E-state index in [1.807, 2.05) is 0 Å². The summed E-state index contributed by atoms with van der Waals surface area (Å²) in [6, 6.07) is 0. The first kappa shape index (κ1) is 13.8. The van der Waals surface area contributed by atoms with Crippen molar-refractivity contribution in [2.45, 2.75) is 63.3 Å². The van der Waals surface area contributed by atoms with Crippen LogP contribution in [0, 0.1) is 5.92 Å². The summed E-state index contributed by atoms with van der Waals surface area (Å²) < 4.78 is 5.35. The molecule has 2 saturated carbocycles. The molecule has 102 valence electrons. The first-order valence-electron chi connectivity index (χ1n) is 6.88. The Kier molecular flexibility index (Phi) is 4.28. The van der Waals surface area contributed by atoms with Crippen LogP contribution in [0.3, 0.4) is 0 Å². The zero-order valence-corrected chi connectivity index (χ0v) is 11.5. The molecular formula is C13H22ClN3O. The van der Waals surface area contributed by atoms with Gasteiger partial charge < -0.3 is 10.3 Å². The zero-order chi connectivity index (χ0) is 11.7. The average molecular weight is 272 g/mol. The van der Waals surface area contributed by atoms with Crippen molar-refractivity contribution < 1.29 is 4.52 Å². The lowest BCUT2D eigenvalue weighted by Crippen LogP contribution is -2.44. The quantitative estimate of drug-likeness (QED) is 0.918. The molecule has 18 heavy (non-hydrogen) atoms. The van der Waals surface area contributed by atoms with E-state index in [0.717, 1.165) is 36.9 Å². The van der Waals surface area contributed by atoms with Gasteiger partial charge >= 0.3 is 0 Å². The van der Waals surface area contributed by atoms with Gasteiger partial charge in [0, 0.05) is 6.42 Å². The summed E-state index contributed by atoms with van der Waals surface area (Å²) >= 11 is 0. The molecule has 2 fully saturated rings. The molecule has 0 aliphatic heterocycles. The molecule has 1 aromatic heterocycles. The second-order valence-electron chi connectivity index (χ2n) is 5.73. The lowest BCUT2D eigenvalue weighted by Gasteiger charge is -2.34. The van der Waals surface area contributed by atoms with Gasteiger partial charge in [0.2, 0.25) is 5.89 Å². The van der Waals surface area contributed by atoms with Crippen molar-refractivity contribution in [3.05, 3.63) is 11.7 Å². The van der Waals surface area contributed by atoms with Crippen LogP contribution in [0.5, 0.6) is 0 Å². The van der Waals surface area contributed by atoms with E-state index < -0.39 is 0 Å². The predicted molar refractivity (Wildman–Crippen MR) is 71.5 cm³/mol. The molecule has 0 amide bonds. The largest absolute Gasteiger partial charge is 0.339 e. The lowest BCUT2D eigenvalue weighted by molar-refractivity contribution is 0.228. The maximum Gasteiger partial charge on any atom is 0.226 e. The molecule has 0 radical (unpaired) electrons. The third-order valence-electron chi connectivity index (χ3n) is 4.35. The van der Waals surface area contributed by atoms with Crippen LogP contribution in [0.25, 0.3) is 0 Å². The van der Waals surface area contributed by atoms with Gasteiger partial charge in [-0.3, -0.25) is 0 Å². The minimum atomic E-state index is -0.283. The summed E-state index contributed by atoms with van der Waals surface area (Å²) in [7, 11) is 0. The van der Waals surface area contributed by atoms with E-state index in [9.17, 15) is 0 Å². The molecule has 4 nitrogen and oxygen atoms in total. The minimum Gasteiger partial charge on any atom is -0.339 e. The molecule has 2 aliphatic carbocycles. The molecule has 0 unspecified atom stereocenters. The summed E-state index contributed by atoms with van der Waals surface area (Å²) in [5.74, 6) is 2.27. The van der Waals surface area contributed by atoms with Gasteiger partial charge in [0.05, 0.1) is 5.54 Å². The molecule has 1 aromatic rings. The van der Waals surface area contributed by atoms with Gasteiger partial charge in [0.25, 0.3) is 0 Å². The normalized spacial score (nSPS) is 23.2. The van der Waals surface area contributed by atoms with Crippen LogP contribution >= 0.6 is 12.4 Å². The fourth-order valence-corrected chi connectivity index (χ4v) is 2.96. The molecule has 2 N–H and O–H groups in total. The first-order valence-corrected chi connectivity index (χ1v) is 6.88. The highest BCUT2D eigenvalue weighted by atomic mass is 35.5. The van der Waals surface area contributed by atoms with E-state index in [4.69, 9.17) is 10.3 Å². The van der Waals surface area contributed by atoms with E-state index in [1.165, 1.54) is 38.5 Å². The van der Waals surface area contributed by atoms with E-state index >= 15 is 0 Å². The smallest absolute Gasteiger partial charge is 0.226 e. The van der Waals surface area contributed by atoms with Crippen molar-refractivity contribution in [1.29, 1.82) is 0 Å². The Morgan fingerprint density at radius 3 is 2.50 bits per heavy atom. The Morgan fingerprint density at radius 2 is 1.89 bits per heavy atom. The zero-order valence-electron chi connectivity index (χ0n) is 10.7. The Balaban J connectivity index is 0.00000120. The summed E-state index contributed by atoms with van der Waals surface area (Å²) in [4.78, 5) is 4.50. The first-order chi connectivity index (χ1) is 8.26. The van der Waals surface area contributed by atoms with Gasteiger partial charge in [-0.15, -0.1) is 12.4 Å². The lowest BCUT2D eigenvalue weighted by atomic mass is 9.77. The Labute approximate surface area is 114 Å². The topological polar surface area (TPSA) is 64.9 Å². The van der Waals surface area contributed by atoms with Crippen LogP contribution < -0.4 is 5.73 Å². The van der Waals surface area contributed by atoms with Gasteiger partial charge in [0.15, 0.2) is 5.82 Å². The van der Waals surface area contributed by atoms with Gasteiger partial charge in [-0.25, -0.2) is 0 Å². The number of halogens is 1. The Hall–Kier alpha value is -0.610. The highest BCUT2D eigenvalue weighted by molar-refractivity contribution is 5.85. The van der Waals surface area contributed by atoms with E-state index in [0.29, 0.717) is 0 Å². The number of aromatic nitrogens is 2. The fraction of sp³-hybridized carbons (Fsp3) is 0.846. The van der Waals surface area contributed by atoms with Crippen molar-refractivity contribution in [3.8, 4) is 0 Å². The molecule has 2 aliphatic rings. The van der Waals surface area contributed by atoms with Gasteiger partial charge in [-0.2, -0.15) is 4.98 Å². The standard InChI is InChI=1S/C13H21N3O.ClH/c14-13(7-4-8-13)12-15-11(17-16-12)9-10-5-2-1-3-6-10;/h10H,1-9,14H2;1H. The third-order valence-corrected chi connectivity index (χ3v) is 4.35. The molecule has 5 heteroatoms. The molecule has 0 aromatic carbocycles. The fourth-order valence-electron chi connectivity index (χ4n) is 2.96. The van der Waals surface area contributed by atoms with Crippen molar-refractivity contribution in [2.75, 3.05) is 0 Å². The van der Waals surface area contributed by atoms with E-state index in [1.54, 1.807) is 0 Å². The number of nitrogens with zero attached hydrogens (tertiary/aromatic N) is 2. The molecule has 0 spiro atoms. The number of nitrogens with two attached hydrogens (primary N) is 1. The predicted octanol–water partition coefficient (Wildman–Crippen LogP) is 2.95. The molecule has 0 bridgehead atoms. The van der Waals surface area contributed by atoms with Crippen LogP contribution in [-0.2, 0) is 12.0 Å². The highest BCUT2D eigenvalue weighted by Gasteiger charge is 2.39. The van der Waals surface area contributed by atoms with Crippen LogP contribution in [0.2, 0.25) is 0 Å². The van der Waals surface area contributed by atoms with Gasteiger partial charge in [-0.05, 0) is 38.0 Å². The number of hydrogen-bond donors (Lipinski definition) is 1. The SMILES string of the molecule is Cl.NC1(c2noc(CC3CCCCC3)n2)CCC1. The van der Waals surface area contributed by atoms with Crippen LogP contribution in [-0.4, -0.2) is 10.1 Å². The monoisotopic (exact) mass is 271 g/mol. The van der Waals surface area contributed by atoms with Crippen LogP contribution in [0.4, 0.5) is 0 Å². The molecule has 0 atom stereocenters. The van der Waals surface area contributed by atoms with Crippen molar-refractivity contribution >= 4 is 12.4 Å². The van der Waals surface area contributed by atoms with E-state index in [-0.39, 0.29) is 17.9 Å². The van der Waals surface area contributed by atoms with Gasteiger partial charge in [0.1, 0.15) is 0 Å². The van der Waals surface area contributed by atoms with Crippen LogP contribution in [0.15, 0.2) is 4.52 Å². The number of rotatable bonds is 3. The summed E-state index contributed by atoms with van der Waals surface area (Å²) in [6.45, 7) is 0. The second kappa shape index (κ2) is 5.57. The van der Waals surface area contributed by atoms with Crippen molar-refractivity contribution in [1.82, 2.24) is 10.1 Å². The third kappa shape index (κ3) is 2.69. The van der Waals surface area contributed by atoms with E-state index in [2.05, 4.69) is 10.1 Å². The van der Waals surface area contributed by atoms with Crippen molar-refractivity contribution in [2.24, 2.45) is 11.7 Å². The van der Waals surface area contributed by atoms with Gasteiger partial charge in [-0.1, -0.05) is 24.4 Å². The Bertz CT molecular complexity index is 383. The second-order valence-corrected chi connectivity index (χ2v) is 5.73. The summed E-state index contributed by atoms with van der Waals surface area (Å²) in [5, 5.41) is 4.06. The average Bonchev–Trinajstić information content (AvgIpc) is 2.76. The molecular weight excluding hydrogens is 250 g/mol. The van der Waals surface area contributed by atoms with Crippen molar-refractivity contribution in [3.63, 3.8) is 0 Å². The van der Waals surface area contributed by atoms with Crippen LogP contribution in [0.1, 0.15) is 63.1 Å². The molecule has 3 rings (SSSR count).